The van der Waals surface area contributed by atoms with E-state index in [-0.39, 0.29) is 17.7 Å². The average molecular weight is 451 g/mol. The van der Waals surface area contributed by atoms with Crippen molar-refractivity contribution in [2.75, 3.05) is 24.6 Å². The van der Waals surface area contributed by atoms with E-state index in [0.29, 0.717) is 36.3 Å². The molecule has 1 saturated carbocycles. The normalized spacial score (nSPS) is 18.2. The average Bonchev–Trinajstić information content (AvgIpc) is 3.42. The highest BCUT2D eigenvalue weighted by molar-refractivity contribution is 5.71. The fourth-order valence-electron chi connectivity index (χ4n) is 3.41. The van der Waals surface area contributed by atoms with Gasteiger partial charge in [0.2, 0.25) is 17.7 Å². The van der Waals surface area contributed by atoms with E-state index in [9.17, 15) is 13.6 Å². The molecule has 3 heterocycles. The van der Waals surface area contributed by atoms with E-state index in [2.05, 4.69) is 20.4 Å². The van der Waals surface area contributed by atoms with Gasteiger partial charge in [-0.05, 0) is 37.2 Å². The monoisotopic (exact) mass is 451 g/mol. The van der Waals surface area contributed by atoms with Gasteiger partial charge in [-0.15, -0.1) is 0 Å². The predicted octanol–water partition coefficient (Wildman–Crippen LogP) is 3.89. The molecule has 0 spiro atoms. The Kier molecular flexibility index (Phi) is 6.16. The van der Waals surface area contributed by atoms with Gasteiger partial charge in [-0.1, -0.05) is 19.0 Å². The first kappa shape index (κ1) is 22.2. The van der Waals surface area contributed by atoms with Gasteiger partial charge in [0.25, 0.3) is 5.92 Å². The van der Waals surface area contributed by atoms with E-state index < -0.39 is 31.1 Å². The van der Waals surface area contributed by atoms with Gasteiger partial charge in [0.15, 0.2) is 5.82 Å². The molecule has 11 heteroatoms. The van der Waals surface area contributed by atoms with E-state index >= 15 is 0 Å². The molecule has 32 heavy (non-hydrogen) atoms. The number of rotatable bonds is 9. The van der Waals surface area contributed by atoms with Crippen molar-refractivity contribution in [1.82, 2.24) is 20.4 Å². The molecule has 1 aliphatic heterocycles. The van der Waals surface area contributed by atoms with Crippen molar-refractivity contribution >= 4 is 11.8 Å². The zero-order chi connectivity index (χ0) is 22.9. The van der Waals surface area contributed by atoms with Crippen LogP contribution in [0, 0.1) is 18.8 Å². The molecule has 2 aliphatic rings. The number of pyridine rings is 1. The third-order valence-corrected chi connectivity index (χ3v) is 5.20. The molecule has 2 fully saturated rings. The summed E-state index contributed by atoms with van der Waals surface area (Å²) in [5.41, 5.74) is 0.462. The molecule has 0 aromatic carbocycles. The number of ether oxygens (including phenoxy) is 2. The number of hydrogen-bond acceptors (Lipinski definition) is 8. The van der Waals surface area contributed by atoms with Crippen LogP contribution in [-0.4, -0.2) is 46.8 Å². The number of halogens is 2. The number of aromatic nitrogens is 3. The van der Waals surface area contributed by atoms with E-state index in [1.54, 1.807) is 13.0 Å². The van der Waals surface area contributed by atoms with Crippen LogP contribution in [0.1, 0.15) is 50.9 Å². The molecular weight excluding hydrogens is 424 g/mol. The van der Waals surface area contributed by atoms with Crippen LogP contribution in [-0.2, 0) is 0 Å². The molecule has 4 rings (SSSR count). The van der Waals surface area contributed by atoms with Crippen molar-refractivity contribution in [1.29, 1.82) is 0 Å². The van der Waals surface area contributed by atoms with Crippen molar-refractivity contribution in [3.05, 3.63) is 23.8 Å². The van der Waals surface area contributed by atoms with Gasteiger partial charge in [-0.3, -0.25) is 0 Å². The SMILES string of the molecule is Cc1nc(C(CC(C)C)NC(=O)Oc2ccc(N3CC(F)(F)C3)c(OCC3CC3)n2)no1. The maximum absolute atomic E-state index is 13.3. The number of amides is 1. The van der Waals surface area contributed by atoms with Crippen LogP contribution in [0.3, 0.4) is 0 Å². The van der Waals surface area contributed by atoms with Gasteiger partial charge < -0.3 is 24.2 Å². The molecule has 1 N–H and O–H groups in total. The van der Waals surface area contributed by atoms with Crippen molar-refractivity contribution in [3.8, 4) is 11.8 Å². The lowest BCUT2D eigenvalue weighted by atomic mass is 10.0. The fourth-order valence-corrected chi connectivity index (χ4v) is 3.41. The molecule has 1 atom stereocenters. The minimum absolute atomic E-state index is 0.0110. The number of nitrogens with one attached hydrogen (secondary N) is 1. The molecule has 2 aromatic heterocycles. The standard InChI is InChI=1S/C21H27F2N5O4/c1-12(2)8-15(18-24-13(3)32-27-18)25-20(29)31-17-7-6-16(28-10-21(22,23)11-28)19(26-17)30-9-14-4-5-14/h6-7,12,14-15H,4-5,8-11H2,1-3H3,(H,25,29). The number of hydrogen-bond donors (Lipinski definition) is 1. The van der Waals surface area contributed by atoms with Crippen LogP contribution >= 0.6 is 0 Å². The minimum Gasteiger partial charge on any atom is -0.476 e. The summed E-state index contributed by atoms with van der Waals surface area (Å²) in [5.74, 6) is -1.05. The number of carbonyl (C=O) groups excluding carboxylic acids is 1. The smallest absolute Gasteiger partial charge is 0.414 e. The zero-order valence-corrected chi connectivity index (χ0v) is 18.3. The summed E-state index contributed by atoms with van der Waals surface area (Å²) in [6, 6.07) is 2.56. The summed E-state index contributed by atoms with van der Waals surface area (Å²) in [7, 11) is 0. The Labute approximate surface area is 184 Å². The molecule has 1 amide bonds. The summed E-state index contributed by atoms with van der Waals surface area (Å²) in [6.45, 7) is 5.36. The Morgan fingerprint density at radius 1 is 1.31 bits per heavy atom. The molecule has 0 bridgehead atoms. The van der Waals surface area contributed by atoms with Crippen LogP contribution in [0.5, 0.6) is 11.8 Å². The highest BCUT2D eigenvalue weighted by atomic mass is 19.3. The van der Waals surface area contributed by atoms with Gasteiger partial charge in [0.1, 0.15) is 5.69 Å². The number of aryl methyl sites for hydroxylation is 1. The predicted molar refractivity (Wildman–Crippen MR) is 110 cm³/mol. The van der Waals surface area contributed by atoms with Crippen molar-refractivity contribution in [3.63, 3.8) is 0 Å². The number of alkyl halides is 2. The quantitative estimate of drug-likeness (QED) is 0.613. The molecule has 1 saturated heterocycles. The highest BCUT2D eigenvalue weighted by Gasteiger charge is 2.45. The third kappa shape index (κ3) is 5.63. The summed E-state index contributed by atoms with van der Waals surface area (Å²) in [6.07, 6.45) is 1.99. The van der Waals surface area contributed by atoms with Crippen LogP contribution in [0.4, 0.5) is 19.3 Å². The number of carbonyl (C=O) groups is 1. The number of nitrogens with zero attached hydrogens (tertiary/aromatic N) is 4. The minimum atomic E-state index is -2.72. The van der Waals surface area contributed by atoms with Gasteiger partial charge in [-0.25, -0.2) is 13.6 Å². The molecule has 0 radical (unpaired) electrons. The third-order valence-electron chi connectivity index (χ3n) is 5.20. The van der Waals surface area contributed by atoms with E-state index in [1.807, 2.05) is 13.8 Å². The molecule has 1 aliphatic carbocycles. The first-order valence-corrected chi connectivity index (χ1v) is 10.7. The summed E-state index contributed by atoms with van der Waals surface area (Å²) < 4.78 is 42.8. The molecule has 174 valence electrons. The van der Waals surface area contributed by atoms with Crippen LogP contribution < -0.4 is 19.7 Å². The molecule has 9 nitrogen and oxygen atoms in total. The fraction of sp³-hybridized carbons (Fsp3) is 0.619. The van der Waals surface area contributed by atoms with E-state index in [0.717, 1.165) is 12.8 Å². The zero-order valence-electron chi connectivity index (χ0n) is 18.3. The Morgan fingerprint density at radius 2 is 2.06 bits per heavy atom. The summed E-state index contributed by atoms with van der Waals surface area (Å²) in [5, 5.41) is 6.63. The Bertz CT molecular complexity index is 955. The molecular formula is C21H27F2N5O4. The first-order valence-electron chi connectivity index (χ1n) is 10.7. The highest BCUT2D eigenvalue weighted by Crippen LogP contribution is 2.38. The second-order valence-electron chi connectivity index (χ2n) is 8.83. The second kappa shape index (κ2) is 8.87. The maximum atomic E-state index is 13.3. The van der Waals surface area contributed by atoms with Gasteiger partial charge in [0, 0.05) is 13.0 Å². The van der Waals surface area contributed by atoms with Gasteiger partial charge in [-0.2, -0.15) is 9.97 Å². The Hall–Kier alpha value is -2.98. The Balaban J connectivity index is 1.44. The van der Waals surface area contributed by atoms with E-state index in [4.69, 9.17) is 14.0 Å². The summed E-state index contributed by atoms with van der Waals surface area (Å²) in [4.78, 5) is 22.5. The summed E-state index contributed by atoms with van der Waals surface area (Å²) >= 11 is 0. The van der Waals surface area contributed by atoms with Crippen LogP contribution in [0.25, 0.3) is 0 Å². The lowest BCUT2D eigenvalue weighted by Crippen LogP contribution is -2.56. The van der Waals surface area contributed by atoms with Gasteiger partial charge in [0.05, 0.1) is 25.7 Å². The Morgan fingerprint density at radius 3 is 2.66 bits per heavy atom. The topological polar surface area (TPSA) is 103 Å². The number of anilines is 1. The maximum Gasteiger partial charge on any atom is 0.414 e. The van der Waals surface area contributed by atoms with Crippen LogP contribution in [0.15, 0.2) is 16.7 Å². The van der Waals surface area contributed by atoms with Crippen LogP contribution in [0.2, 0.25) is 0 Å². The van der Waals surface area contributed by atoms with Gasteiger partial charge >= 0.3 is 6.09 Å². The second-order valence-corrected chi connectivity index (χ2v) is 8.83. The van der Waals surface area contributed by atoms with Crippen molar-refractivity contribution in [2.24, 2.45) is 11.8 Å². The largest absolute Gasteiger partial charge is 0.476 e. The molecule has 1 unspecified atom stereocenters. The lowest BCUT2D eigenvalue weighted by molar-refractivity contribution is -0.0265. The van der Waals surface area contributed by atoms with Crippen molar-refractivity contribution in [2.45, 2.75) is 52.0 Å². The molecule has 2 aromatic rings. The van der Waals surface area contributed by atoms with Crippen molar-refractivity contribution < 1.29 is 27.6 Å². The lowest BCUT2D eigenvalue weighted by Gasteiger charge is -2.40. The van der Waals surface area contributed by atoms with E-state index in [1.165, 1.54) is 11.0 Å². The first-order chi connectivity index (χ1) is 15.2.